The van der Waals surface area contributed by atoms with Crippen molar-refractivity contribution in [2.45, 2.75) is 86.9 Å². The van der Waals surface area contributed by atoms with E-state index in [-0.39, 0.29) is 42.5 Å². The predicted octanol–water partition coefficient (Wildman–Crippen LogP) is 10.6. The fourth-order valence-electron chi connectivity index (χ4n) is 6.83. The van der Waals surface area contributed by atoms with Crippen LogP contribution in [0, 0.1) is 16.9 Å². The predicted molar refractivity (Wildman–Crippen MR) is 202 cm³/mol. The summed E-state index contributed by atoms with van der Waals surface area (Å²) >= 11 is 0. The van der Waals surface area contributed by atoms with Crippen molar-refractivity contribution in [3.05, 3.63) is 84.8 Å². The molecule has 0 atom stereocenters. The Bertz CT molecular complexity index is 2300. The third-order valence-corrected chi connectivity index (χ3v) is 13.2. The van der Waals surface area contributed by atoms with Gasteiger partial charge in [-0.05, 0) is 49.3 Å². The molecule has 0 spiro atoms. The van der Waals surface area contributed by atoms with Crippen LogP contribution in [0.5, 0.6) is 0 Å². The first-order valence-corrected chi connectivity index (χ1v) is 20.7. The van der Waals surface area contributed by atoms with Crippen LogP contribution in [-0.4, -0.2) is 32.7 Å². The molecule has 0 saturated heterocycles. The molecule has 0 amide bonds. The van der Waals surface area contributed by atoms with E-state index in [9.17, 15) is 9.90 Å². The van der Waals surface area contributed by atoms with Crippen molar-refractivity contribution in [1.29, 1.82) is 0 Å². The minimum absolute atomic E-state index is 0. The first-order chi connectivity index (χ1) is 22.3. The van der Waals surface area contributed by atoms with E-state index in [4.69, 9.17) is 4.98 Å². The van der Waals surface area contributed by atoms with Gasteiger partial charge in [0.15, 0.2) is 11.4 Å². The van der Waals surface area contributed by atoms with Gasteiger partial charge in [0.1, 0.15) is 5.76 Å². The number of ketones is 1. The van der Waals surface area contributed by atoms with E-state index in [1.165, 1.54) is 54.9 Å². The number of rotatable bonds is 8. The molecule has 0 bridgehead atoms. The average Bonchev–Trinajstić information content (AvgIpc) is 3.60. The number of benzene rings is 3. The Morgan fingerprint density at radius 1 is 0.812 bits per heavy atom. The number of pyridine rings is 1. The van der Waals surface area contributed by atoms with Gasteiger partial charge in [-0.2, -0.15) is 24.3 Å². The van der Waals surface area contributed by atoms with Crippen LogP contribution in [0.3, 0.4) is 0 Å². The molecule has 7 aromatic rings. The number of hydrogen-bond donors (Lipinski definition) is 1. The molecule has 4 aromatic heterocycles. The second-order valence-electron chi connectivity index (χ2n) is 14.7. The normalized spacial score (nSPS) is 13.1. The quantitative estimate of drug-likeness (QED) is 0.0545. The van der Waals surface area contributed by atoms with Crippen LogP contribution in [0.25, 0.3) is 54.8 Å². The average molecular weight is 835 g/mol. The molecule has 7 rings (SSSR count). The molecule has 5 nitrogen and oxygen atoms in total. The Balaban J connectivity index is 0.000000218. The van der Waals surface area contributed by atoms with Crippen molar-refractivity contribution in [3.8, 4) is 0 Å². The minimum atomic E-state index is -1.43. The number of carbonyl (C=O) groups excluding carboxylic acids is 1. The van der Waals surface area contributed by atoms with Crippen LogP contribution in [0.2, 0.25) is 19.6 Å². The van der Waals surface area contributed by atoms with Crippen LogP contribution in [-0.2, 0) is 24.9 Å². The zero-order chi connectivity index (χ0) is 33.9. The summed E-state index contributed by atoms with van der Waals surface area (Å²) in [5.74, 6) is 0.286. The van der Waals surface area contributed by atoms with Gasteiger partial charge in [0, 0.05) is 54.0 Å². The van der Waals surface area contributed by atoms with Crippen LogP contribution >= 0.6 is 0 Å². The monoisotopic (exact) mass is 835 g/mol. The van der Waals surface area contributed by atoms with E-state index in [1.54, 1.807) is 0 Å². The molecule has 3 aromatic carbocycles. The topological polar surface area (TPSA) is 59.0 Å². The van der Waals surface area contributed by atoms with Gasteiger partial charge in [0.05, 0.1) is 30.1 Å². The van der Waals surface area contributed by atoms with Crippen molar-refractivity contribution < 1.29 is 30.0 Å². The molecule has 0 aliphatic heterocycles. The van der Waals surface area contributed by atoms with Crippen molar-refractivity contribution in [2.24, 2.45) is 10.8 Å². The number of aliphatic hydroxyl groups excluding tert-OH is 1. The number of nitrogens with zero attached hydrogens (tertiary/aromatic N) is 3. The molecular formula is C41H48IrN3O2Si-. The number of aliphatic hydroxyl groups is 1. The molecule has 253 valence electrons. The largest absolute Gasteiger partial charge is 0.512 e. The summed E-state index contributed by atoms with van der Waals surface area (Å²) in [5.41, 5.74) is 6.42. The molecule has 0 fully saturated rings. The molecule has 7 heteroatoms. The number of fused-ring (bicyclic) bond motifs is 8. The maximum absolute atomic E-state index is 12.2. The van der Waals surface area contributed by atoms with Crippen molar-refractivity contribution in [3.63, 3.8) is 0 Å². The van der Waals surface area contributed by atoms with Crippen LogP contribution in [0.1, 0.15) is 67.2 Å². The molecule has 4 heterocycles. The van der Waals surface area contributed by atoms with Gasteiger partial charge in [-0.15, -0.1) is 5.39 Å². The Hall–Kier alpha value is -3.51. The van der Waals surface area contributed by atoms with E-state index >= 15 is 0 Å². The summed E-state index contributed by atoms with van der Waals surface area (Å²) < 4.78 is 4.75. The van der Waals surface area contributed by atoms with Gasteiger partial charge in [-0.25, -0.2) is 4.98 Å². The fourth-order valence-corrected chi connectivity index (χ4v) is 7.98. The summed E-state index contributed by atoms with van der Waals surface area (Å²) in [6.45, 7) is 19.3. The molecule has 0 aliphatic rings. The van der Waals surface area contributed by atoms with E-state index in [2.05, 4.69) is 89.1 Å². The summed E-state index contributed by atoms with van der Waals surface area (Å²) in [6, 6.07) is 25.6. The molecule has 0 unspecified atom stereocenters. The summed E-state index contributed by atoms with van der Waals surface area (Å²) in [6.07, 6.45) is 6.70. The van der Waals surface area contributed by atoms with Gasteiger partial charge < -0.3 is 13.9 Å². The third-order valence-electron chi connectivity index (χ3n) is 11.2. The van der Waals surface area contributed by atoms with E-state index in [0.717, 1.165) is 36.8 Å². The van der Waals surface area contributed by atoms with Gasteiger partial charge >= 0.3 is 0 Å². The smallest absolute Gasteiger partial charge is 0.164 e. The second-order valence-corrected chi connectivity index (χ2v) is 19.8. The Morgan fingerprint density at radius 3 is 2.10 bits per heavy atom. The standard InChI is InChI=1S/C26H20N3Si.C15H28O2.Ir/c1-30(2,3)16-11-12-18-20-13-14-27-26-25(20)28(23(18)15-16)22-10-6-8-19-17-7-4-5-9-21(17)29(26)24(19)22;1-7-14(5,8-2)12(16)11-13(17)15(6,9-3)10-4;/h4-8,10-15H,1-3H3;11,16H,7-10H2,1-6H3;/q-1;;/b;12-11-;. The molecule has 0 aliphatic carbocycles. The van der Waals surface area contributed by atoms with Crippen LogP contribution in [0.15, 0.2) is 78.7 Å². The van der Waals surface area contributed by atoms with Gasteiger partial charge in [-0.3, -0.25) is 4.79 Å². The maximum Gasteiger partial charge on any atom is 0.164 e. The second kappa shape index (κ2) is 13.1. The first-order valence-electron chi connectivity index (χ1n) is 17.2. The molecule has 1 radical (unpaired) electrons. The van der Waals surface area contributed by atoms with Gasteiger partial charge in [-0.1, -0.05) is 96.2 Å². The Morgan fingerprint density at radius 2 is 1.46 bits per heavy atom. The number of allylic oxidation sites excluding steroid dienone is 2. The zero-order valence-corrected chi connectivity index (χ0v) is 33.2. The Labute approximate surface area is 298 Å². The summed E-state index contributed by atoms with van der Waals surface area (Å²) in [7, 11) is -1.43. The van der Waals surface area contributed by atoms with Gasteiger partial charge in [0.25, 0.3) is 0 Å². The van der Waals surface area contributed by atoms with Crippen molar-refractivity contribution in [2.75, 3.05) is 0 Å². The van der Waals surface area contributed by atoms with E-state index in [1.807, 2.05) is 53.8 Å². The zero-order valence-electron chi connectivity index (χ0n) is 29.8. The number of aromatic nitrogens is 3. The maximum atomic E-state index is 12.2. The number of hydrogen-bond acceptors (Lipinski definition) is 3. The fraction of sp³-hybridized carbons (Fsp3) is 0.366. The molecule has 48 heavy (non-hydrogen) atoms. The SMILES string of the molecule is CCC(C)(CC)C(=O)/C=C(\O)C(C)(CC)CC.C[Si](C)(C)c1ccc2c3ccnc4c3n(c2c1)c1cccc2c3ccc[c-]c3n4c21.[Ir]. The minimum Gasteiger partial charge on any atom is -0.512 e. The van der Waals surface area contributed by atoms with Crippen LogP contribution in [0.4, 0.5) is 0 Å². The summed E-state index contributed by atoms with van der Waals surface area (Å²) in [4.78, 5) is 17.1. The van der Waals surface area contributed by atoms with Gasteiger partial charge in [0.2, 0.25) is 0 Å². The number of para-hydroxylation sites is 2. The molecule has 1 N–H and O–H groups in total. The third kappa shape index (κ3) is 5.58. The molecular weight excluding hydrogens is 787 g/mol. The van der Waals surface area contributed by atoms with E-state index in [0.29, 0.717) is 0 Å². The first kappa shape index (κ1) is 35.8. The summed E-state index contributed by atoms with van der Waals surface area (Å²) in [5, 5.41) is 16.7. The Kier molecular flexibility index (Phi) is 9.75. The van der Waals surface area contributed by atoms with Crippen LogP contribution < -0.4 is 5.19 Å². The van der Waals surface area contributed by atoms with E-state index < -0.39 is 8.07 Å². The number of carbonyl (C=O) groups is 1. The van der Waals surface area contributed by atoms with Crippen molar-refractivity contribution >= 4 is 73.8 Å². The van der Waals surface area contributed by atoms with Crippen molar-refractivity contribution in [1.82, 2.24) is 13.8 Å². The molecule has 0 saturated carbocycles.